The minimum atomic E-state index is -3.52. The number of hydrogen-bond acceptors (Lipinski definition) is 6. The van der Waals surface area contributed by atoms with Crippen molar-refractivity contribution in [1.29, 1.82) is 0 Å². The standard InChI is InChI=1S/C11H18N2O4S2/c1-16-11(2-3-17-8-11)7-13-19(14,15)10-4-9(5-12)18-6-10/h4,6,13H,2-3,5,7-8,12H2,1H3. The van der Waals surface area contributed by atoms with Crippen molar-refractivity contribution >= 4 is 21.4 Å². The number of nitrogens with two attached hydrogens (primary N) is 1. The summed E-state index contributed by atoms with van der Waals surface area (Å²) in [6, 6.07) is 1.59. The van der Waals surface area contributed by atoms with Gasteiger partial charge in [-0.25, -0.2) is 13.1 Å². The minimum absolute atomic E-state index is 0.208. The van der Waals surface area contributed by atoms with E-state index >= 15 is 0 Å². The van der Waals surface area contributed by atoms with Crippen LogP contribution < -0.4 is 10.5 Å². The van der Waals surface area contributed by atoms with E-state index in [9.17, 15) is 8.42 Å². The second-order valence-electron chi connectivity index (χ2n) is 4.47. The smallest absolute Gasteiger partial charge is 0.241 e. The van der Waals surface area contributed by atoms with Crippen LogP contribution in [0.4, 0.5) is 0 Å². The van der Waals surface area contributed by atoms with Crippen molar-refractivity contribution in [2.45, 2.75) is 23.5 Å². The van der Waals surface area contributed by atoms with Gasteiger partial charge in [-0.2, -0.15) is 0 Å². The lowest BCUT2D eigenvalue weighted by Crippen LogP contribution is -2.44. The highest BCUT2D eigenvalue weighted by Crippen LogP contribution is 2.23. The van der Waals surface area contributed by atoms with E-state index < -0.39 is 15.6 Å². The third kappa shape index (κ3) is 3.33. The zero-order valence-corrected chi connectivity index (χ0v) is 12.4. The molecule has 6 nitrogen and oxygen atoms in total. The van der Waals surface area contributed by atoms with Crippen LogP contribution in [0.5, 0.6) is 0 Å². The average molecular weight is 306 g/mol. The van der Waals surface area contributed by atoms with Gasteiger partial charge in [0.1, 0.15) is 5.60 Å². The molecule has 1 aromatic rings. The molecule has 2 heterocycles. The Morgan fingerprint density at radius 3 is 2.95 bits per heavy atom. The Labute approximate surface area is 116 Å². The van der Waals surface area contributed by atoms with E-state index in [-0.39, 0.29) is 11.4 Å². The zero-order valence-electron chi connectivity index (χ0n) is 10.7. The van der Waals surface area contributed by atoms with Crippen LogP contribution in [0.1, 0.15) is 11.3 Å². The topological polar surface area (TPSA) is 90.7 Å². The summed E-state index contributed by atoms with van der Waals surface area (Å²) in [7, 11) is -1.95. The molecule has 0 spiro atoms. The number of sulfonamides is 1. The maximum Gasteiger partial charge on any atom is 0.241 e. The van der Waals surface area contributed by atoms with E-state index in [1.54, 1.807) is 18.6 Å². The molecular weight excluding hydrogens is 288 g/mol. The van der Waals surface area contributed by atoms with Gasteiger partial charge in [-0.3, -0.25) is 0 Å². The monoisotopic (exact) mass is 306 g/mol. The van der Waals surface area contributed by atoms with E-state index in [4.69, 9.17) is 15.2 Å². The normalized spacial score (nSPS) is 23.9. The molecule has 1 unspecified atom stereocenters. The molecule has 1 aliphatic heterocycles. The number of hydrogen-bond donors (Lipinski definition) is 2. The first-order valence-corrected chi connectivity index (χ1v) is 8.28. The number of rotatable bonds is 6. The summed E-state index contributed by atoms with van der Waals surface area (Å²) in [6.07, 6.45) is 0.684. The van der Waals surface area contributed by atoms with Gasteiger partial charge < -0.3 is 15.2 Å². The lowest BCUT2D eigenvalue weighted by atomic mass is 10.0. The Morgan fingerprint density at radius 1 is 1.63 bits per heavy atom. The number of methoxy groups -OCH3 is 1. The molecule has 2 rings (SSSR count). The van der Waals surface area contributed by atoms with Gasteiger partial charge in [-0.15, -0.1) is 11.3 Å². The Balaban J connectivity index is 2.05. The predicted octanol–water partition coefficient (Wildman–Crippen LogP) is 0.291. The molecule has 0 bridgehead atoms. The van der Waals surface area contributed by atoms with E-state index in [1.807, 2.05) is 0 Å². The highest BCUT2D eigenvalue weighted by atomic mass is 32.2. The van der Waals surface area contributed by atoms with Gasteiger partial charge in [-0.1, -0.05) is 0 Å². The van der Waals surface area contributed by atoms with Gasteiger partial charge in [0, 0.05) is 43.5 Å². The SMILES string of the molecule is COC1(CNS(=O)(=O)c2csc(CN)c2)CCOC1. The number of thiophene rings is 1. The maximum atomic E-state index is 12.1. The zero-order chi connectivity index (χ0) is 13.9. The summed E-state index contributed by atoms with van der Waals surface area (Å²) in [5.41, 5.74) is 4.93. The van der Waals surface area contributed by atoms with Crippen molar-refractivity contribution in [1.82, 2.24) is 4.72 Å². The second-order valence-corrected chi connectivity index (χ2v) is 7.23. The first-order valence-electron chi connectivity index (χ1n) is 5.91. The van der Waals surface area contributed by atoms with Crippen LogP contribution in [0, 0.1) is 0 Å². The van der Waals surface area contributed by atoms with Gasteiger partial charge in [0.2, 0.25) is 10.0 Å². The predicted molar refractivity (Wildman–Crippen MR) is 72.6 cm³/mol. The van der Waals surface area contributed by atoms with E-state index in [2.05, 4.69) is 4.72 Å². The van der Waals surface area contributed by atoms with Crippen molar-refractivity contribution in [3.05, 3.63) is 16.3 Å². The Bertz CT molecular complexity index is 521. The van der Waals surface area contributed by atoms with Crippen LogP contribution in [0.15, 0.2) is 16.3 Å². The van der Waals surface area contributed by atoms with Crippen LogP contribution in [0.25, 0.3) is 0 Å². The summed E-state index contributed by atoms with van der Waals surface area (Å²) in [6.45, 7) is 1.55. The van der Waals surface area contributed by atoms with Gasteiger partial charge in [0.15, 0.2) is 0 Å². The molecule has 1 saturated heterocycles. The molecule has 1 fully saturated rings. The Hall–Kier alpha value is -0.510. The van der Waals surface area contributed by atoms with Crippen LogP contribution in [0.2, 0.25) is 0 Å². The molecule has 19 heavy (non-hydrogen) atoms. The third-order valence-corrected chi connectivity index (χ3v) is 5.71. The molecule has 3 N–H and O–H groups in total. The molecule has 1 aromatic heterocycles. The van der Waals surface area contributed by atoms with Crippen molar-refractivity contribution in [2.75, 3.05) is 26.9 Å². The van der Waals surface area contributed by atoms with Crippen LogP contribution >= 0.6 is 11.3 Å². The largest absolute Gasteiger partial charge is 0.378 e. The molecule has 1 aliphatic rings. The van der Waals surface area contributed by atoms with Gasteiger partial charge in [0.25, 0.3) is 0 Å². The number of nitrogens with one attached hydrogen (secondary N) is 1. The van der Waals surface area contributed by atoms with Crippen molar-refractivity contribution < 1.29 is 17.9 Å². The van der Waals surface area contributed by atoms with Gasteiger partial charge in [0.05, 0.1) is 11.5 Å². The molecular formula is C11H18N2O4S2. The summed E-state index contributed by atoms with van der Waals surface area (Å²) in [5.74, 6) is 0. The van der Waals surface area contributed by atoms with Crippen molar-refractivity contribution in [2.24, 2.45) is 5.73 Å². The molecule has 0 amide bonds. The Kier molecular flexibility index (Phi) is 4.59. The molecule has 0 aliphatic carbocycles. The van der Waals surface area contributed by atoms with Gasteiger partial charge >= 0.3 is 0 Å². The van der Waals surface area contributed by atoms with E-state index in [1.165, 1.54) is 11.3 Å². The van der Waals surface area contributed by atoms with Crippen molar-refractivity contribution in [3.8, 4) is 0 Å². The minimum Gasteiger partial charge on any atom is -0.378 e. The fourth-order valence-corrected chi connectivity index (χ4v) is 4.15. The molecule has 0 aromatic carbocycles. The quantitative estimate of drug-likeness (QED) is 0.788. The van der Waals surface area contributed by atoms with E-state index in [0.717, 1.165) is 4.88 Å². The molecule has 1 atom stereocenters. The Morgan fingerprint density at radius 2 is 2.42 bits per heavy atom. The average Bonchev–Trinajstić information content (AvgIpc) is 3.06. The maximum absolute atomic E-state index is 12.1. The summed E-state index contributed by atoms with van der Waals surface area (Å²) < 4.78 is 37.5. The van der Waals surface area contributed by atoms with Crippen LogP contribution in [-0.2, 0) is 26.0 Å². The third-order valence-electron chi connectivity index (χ3n) is 3.23. The fourth-order valence-electron chi connectivity index (χ4n) is 1.88. The van der Waals surface area contributed by atoms with Crippen molar-refractivity contribution in [3.63, 3.8) is 0 Å². The number of ether oxygens (including phenoxy) is 2. The lowest BCUT2D eigenvalue weighted by molar-refractivity contribution is -0.0120. The summed E-state index contributed by atoms with van der Waals surface area (Å²) in [4.78, 5) is 1.09. The van der Waals surface area contributed by atoms with Crippen LogP contribution in [0.3, 0.4) is 0 Å². The fraction of sp³-hybridized carbons (Fsp3) is 0.636. The first-order chi connectivity index (χ1) is 9.01. The molecule has 0 radical (unpaired) electrons. The lowest BCUT2D eigenvalue weighted by Gasteiger charge is -2.25. The molecule has 8 heteroatoms. The highest BCUT2D eigenvalue weighted by molar-refractivity contribution is 7.89. The van der Waals surface area contributed by atoms with Crippen LogP contribution in [-0.4, -0.2) is 40.9 Å². The highest BCUT2D eigenvalue weighted by Gasteiger charge is 2.36. The van der Waals surface area contributed by atoms with E-state index in [0.29, 0.717) is 26.2 Å². The second kappa shape index (κ2) is 5.86. The first kappa shape index (κ1) is 14.9. The summed E-state index contributed by atoms with van der Waals surface area (Å²) >= 11 is 1.34. The molecule has 108 valence electrons. The van der Waals surface area contributed by atoms with Gasteiger partial charge in [-0.05, 0) is 6.07 Å². The summed E-state index contributed by atoms with van der Waals surface area (Å²) in [5, 5.41) is 1.59. The molecule has 0 saturated carbocycles.